The van der Waals surface area contributed by atoms with Gasteiger partial charge in [-0.1, -0.05) is 6.92 Å². The van der Waals surface area contributed by atoms with E-state index >= 15 is 0 Å². The molecule has 2 fully saturated rings. The van der Waals surface area contributed by atoms with Gasteiger partial charge in [0.05, 0.1) is 5.75 Å². The van der Waals surface area contributed by atoms with E-state index in [1.165, 1.54) is 0 Å². The first-order valence-electron chi connectivity index (χ1n) is 5.18. The van der Waals surface area contributed by atoms with Crippen molar-refractivity contribution in [2.75, 3.05) is 18.8 Å². The highest BCUT2D eigenvalue weighted by atomic mass is 32.2. The van der Waals surface area contributed by atoms with Crippen molar-refractivity contribution < 1.29 is 8.42 Å². The molecule has 2 N–H and O–H groups in total. The highest BCUT2D eigenvalue weighted by Gasteiger charge is 2.41. The van der Waals surface area contributed by atoms with Gasteiger partial charge in [0, 0.05) is 18.6 Å². The van der Waals surface area contributed by atoms with E-state index in [1.54, 1.807) is 4.31 Å². The van der Waals surface area contributed by atoms with E-state index in [2.05, 4.69) is 0 Å². The lowest BCUT2D eigenvalue weighted by atomic mass is 9.78. The summed E-state index contributed by atoms with van der Waals surface area (Å²) in [6, 6.07) is 0. The fraction of sp³-hybridized carbons (Fsp3) is 1.00. The van der Waals surface area contributed by atoms with Crippen LogP contribution in [0.5, 0.6) is 0 Å². The summed E-state index contributed by atoms with van der Waals surface area (Å²) in [5.74, 6) is 0.548. The summed E-state index contributed by atoms with van der Waals surface area (Å²) in [6.07, 6.45) is 3.07. The van der Waals surface area contributed by atoms with Crippen LogP contribution < -0.4 is 5.73 Å². The van der Waals surface area contributed by atoms with Crippen molar-refractivity contribution in [2.45, 2.75) is 31.7 Å². The highest BCUT2D eigenvalue weighted by molar-refractivity contribution is 7.89. The maximum atomic E-state index is 11.7. The third kappa shape index (κ3) is 1.81. The van der Waals surface area contributed by atoms with Gasteiger partial charge >= 0.3 is 0 Å². The smallest absolute Gasteiger partial charge is 0.214 e. The number of hydrogen-bond acceptors (Lipinski definition) is 3. The van der Waals surface area contributed by atoms with E-state index in [4.69, 9.17) is 5.73 Å². The quantitative estimate of drug-likeness (QED) is 0.717. The molecular weight excluding hydrogens is 200 g/mol. The molecule has 1 aliphatic carbocycles. The fourth-order valence-corrected chi connectivity index (χ4v) is 4.25. The van der Waals surface area contributed by atoms with Crippen LogP contribution in [0.15, 0.2) is 0 Å². The number of hydrogen-bond donors (Lipinski definition) is 1. The Kier molecular flexibility index (Phi) is 2.36. The Bertz CT molecular complexity index is 322. The summed E-state index contributed by atoms with van der Waals surface area (Å²) in [5, 5.41) is 0. The number of sulfonamides is 1. The van der Waals surface area contributed by atoms with E-state index in [0.29, 0.717) is 18.8 Å². The zero-order valence-electron chi connectivity index (χ0n) is 8.57. The Labute approximate surface area is 85.5 Å². The van der Waals surface area contributed by atoms with Crippen molar-refractivity contribution in [2.24, 2.45) is 11.7 Å². The minimum absolute atomic E-state index is 0.225. The summed E-state index contributed by atoms with van der Waals surface area (Å²) in [5.41, 5.74) is 5.82. The van der Waals surface area contributed by atoms with Crippen molar-refractivity contribution in [3.63, 3.8) is 0 Å². The van der Waals surface area contributed by atoms with Crippen LogP contribution in [0, 0.1) is 5.92 Å². The Hall–Kier alpha value is -0.130. The summed E-state index contributed by atoms with van der Waals surface area (Å²) < 4.78 is 24.9. The third-order valence-corrected chi connectivity index (χ3v) is 5.30. The molecule has 1 unspecified atom stereocenters. The molecule has 1 saturated heterocycles. The van der Waals surface area contributed by atoms with Gasteiger partial charge in [0.1, 0.15) is 0 Å². The first-order chi connectivity index (χ1) is 6.41. The molecule has 1 atom stereocenters. The predicted octanol–water partition coefficient (Wildman–Crippen LogP) is 0.149. The monoisotopic (exact) mass is 218 g/mol. The van der Waals surface area contributed by atoms with E-state index in [1.807, 2.05) is 6.92 Å². The molecule has 0 aromatic heterocycles. The van der Waals surface area contributed by atoms with Gasteiger partial charge < -0.3 is 5.73 Å². The molecule has 0 amide bonds. The van der Waals surface area contributed by atoms with Crippen molar-refractivity contribution in [1.82, 2.24) is 4.31 Å². The zero-order chi connectivity index (χ0) is 10.4. The van der Waals surface area contributed by atoms with Gasteiger partial charge in [-0.05, 0) is 25.2 Å². The second-order valence-electron chi connectivity index (χ2n) is 4.89. The Balaban J connectivity index is 2.04. The Morgan fingerprint density at radius 3 is 2.50 bits per heavy atom. The fourth-order valence-electron chi connectivity index (χ4n) is 2.28. The van der Waals surface area contributed by atoms with Crippen molar-refractivity contribution in [3.8, 4) is 0 Å². The van der Waals surface area contributed by atoms with Crippen molar-refractivity contribution in [3.05, 3.63) is 0 Å². The van der Waals surface area contributed by atoms with E-state index in [9.17, 15) is 8.42 Å². The minimum atomic E-state index is -2.99. The summed E-state index contributed by atoms with van der Waals surface area (Å²) in [4.78, 5) is 0. The molecule has 4 nitrogen and oxygen atoms in total. The van der Waals surface area contributed by atoms with Gasteiger partial charge in [-0.3, -0.25) is 0 Å². The average molecular weight is 218 g/mol. The topological polar surface area (TPSA) is 63.4 Å². The van der Waals surface area contributed by atoms with Gasteiger partial charge in [-0.2, -0.15) is 4.31 Å². The molecule has 82 valence electrons. The minimum Gasteiger partial charge on any atom is -0.324 e. The first-order valence-corrected chi connectivity index (χ1v) is 6.79. The molecule has 0 bridgehead atoms. The molecule has 1 aliphatic heterocycles. The van der Waals surface area contributed by atoms with Gasteiger partial charge in [0.25, 0.3) is 0 Å². The van der Waals surface area contributed by atoms with Gasteiger partial charge in [-0.25, -0.2) is 8.42 Å². The third-order valence-electron chi connectivity index (χ3n) is 3.24. The standard InChI is InChI=1S/C9H18N2O2S/c1-8-5-11(14(12,13)6-8)7-9(10)3-2-4-9/h8H,2-7,10H2,1H3. The van der Waals surface area contributed by atoms with E-state index in [0.717, 1.165) is 19.3 Å². The van der Waals surface area contributed by atoms with Gasteiger partial charge in [0.2, 0.25) is 10.0 Å². The summed E-state index contributed by atoms with van der Waals surface area (Å²) in [7, 11) is -2.99. The highest BCUT2D eigenvalue weighted by Crippen LogP contribution is 2.32. The van der Waals surface area contributed by atoms with E-state index < -0.39 is 10.0 Å². The molecule has 0 aromatic rings. The van der Waals surface area contributed by atoms with Crippen LogP contribution in [0.1, 0.15) is 26.2 Å². The normalized spacial score (nSPS) is 35.4. The Morgan fingerprint density at radius 2 is 2.14 bits per heavy atom. The molecule has 0 spiro atoms. The maximum Gasteiger partial charge on any atom is 0.214 e. The van der Waals surface area contributed by atoms with Crippen LogP contribution in [0.2, 0.25) is 0 Å². The van der Waals surface area contributed by atoms with E-state index in [-0.39, 0.29) is 11.5 Å². The van der Waals surface area contributed by atoms with Crippen LogP contribution in [0.3, 0.4) is 0 Å². The number of nitrogens with two attached hydrogens (primary N) is 1. The molecule has 0 aromatic carbocycles. The molecule has 2 rings (SSSR count). The largest absolute Gasteiger partial charge is 0.324 e. The Morgan fingerprint density at radius 1 is 1.50 bits per heavy atom. The van der Waals surface area contributed by atoms with Crippen molar-refractivity contribution >= 4 is 10.0 Å². The molecular formula is C9H18N2O2S. The molecule has 1 saturated carbocycles. The lowest BCUT2D eigenvalue weighted by Crippen LogP contribution is -2.55. The number of nitrogens with zero attached hydrogens (tertiary/aromatic N) is 1. The second kappa shape index (κ2) is 3.18. The summed E-state index contributed by atoms with van der Waals surface area (Å²) >= 11 is 0. The summed E-state index contributed by atoms with van der Waals surface area (Å²) in [6.45, 7) is 3.16. The lowest BCUT2D eigenvalue weighted by molar-refractivity contribution is 0.197. The lowest BCUT2D eigenvalue weighted by Gasteiger charge is -2.40. The molecule has 1 heterocycles. The number of rotatable bonds is 2. The van der Waals surface area contributed by atoms with Crippen LogP contribution in [0.4, 0.5) is 0 Å². The predicted molar refractivity (Wildman–Crippen MR) is 55.3 cm³/mol. The van der Waals surface area contributed by atoms with Crippen LogP contribution in [0.25, 0.3) is 0 Å². The van der Waals surface area contributed by atoms with Gasteiger partial charge in [0.15, 0.2) is 0 Å². The first kappa shape index (κ1) is 10.4. The molecule has 2 aliphatic rings. The van der Waals surface area contributed by atoms with Crippen LogP contribution in [-0.2, 0) is 10.0 Å². The van der Waals surface area contributed by atoms with Crippen LogP contribution >= 0.6 is 0 Å². The zero-order valence-corrected chi connectivity index (χ0v) is 9.39. The molecule has 5 heteroatoms. The van der Waals surface area contributed by atoms with Gasteiger partial charge in [-0.15, -0.1) is 0 Å². The molecule has 0 radical (unpaired) electrons. The second-order valence-corrected chi connectivity index (χ2v) is 6.91. The molecule has 14 heavy (non-hydrogen) atoms. The van der Waals surface area contributed by atoms with Crippen molar-refractivity contribution in [1.29, 1.82) is 0 Å². The SMILES string of the molecule is CC1CN(CC2(N)CCC2)S(=O)(=O)C1. The maximum absolute atomic E-state index is 11.7. The van der Waals surface area contributed by atoms with Crippen LogP contribution in [-0.4, -0.2) is 37.1 Å². The average Bonchev–Trinajstić information content (AvgIpc) is 2.21.